The van der Waals surface area contributed by atoms with Crippen molar-refractivity contribution in [2.24, 2.45) is 0 Å². The highest BCUT2D eigenvalue weighted by Gasteiger charge is 2.19. The van der Waals surface area contributed by atoms with Gasteiger partial charge in [-0.25, -0.2) is 14.1 Å². The van der Waals surface area contributed by atoms with E-state index in [1.54, 1.807) is 30.5 Å². The average Bonchev–Trinajstić information content (AvgIpc) is 3.06. The van der Waals surface area contributed by atoms with Gasteiger partial charge in [0, 0.05) is 30.9 Å². The Labute approximate surface area is 153 Å². The minimum Gasteiger partial charge on any atom is -0.378 e. The van der Waals surface area contributed by atoms with Crippen molar-refractivity contribution in [2.45, 2.75) is 0 Å². The molecule has 0 aliphatic carbocycles. The maximum atomic E-state index is 14.8. The number of pyridine rings is 2. The molecule has 3 aromatic heterocycles. The van der Waals surface area contributed by atoms with Gasteiger partial charge in [0.15, 0.2) is 5.82 Å². The standard InChI is InChI=1S/C19H16FN5O2/c20-14-9-12-15(10-16(14)24-5-7-27-8-6-24)22-11-13-18(12)23-25(19(13)26)17-3-1-2-4-21-17/h1-4,9-11,23H,5-8H2. The fourth-order valence-electron chi connectivity index (χ4n) is 3.46. The van der Waals surface area contributed by atoms with Crippen molar-refractivity contribution in [1.29, 1.82) is 0 Å². The van der Waals surface area contributed by atoms with E-state index in [0.29, 0.717) is 59.6 Å². The number of morpholine rings is 1. The molecular formula is C19H16FN5O2. The van der Waals surface area contributed by atoms with Gasteiger partial charge in [-0.15, -0.1) is 0 Å². The first-order valence-electron chi connectivity index (χ1n) is 8.69. The van der Waals surface area contributed by atoms with Crippen LogP contribution in [0.15, 0.2) is 47.5 Å². The Bertz CT molecular complexity index is 1200. The normalized spacial score (nSPS) is 14.9. The van der Waals surface area contributed by atoms with Crippen LogP contribution < -0.4 is 10.5 Å². The van der Waals surface area contributed by atoms with E-state index in [2.05, 4.69) is 15.1 Å². The zero-order valence-corrected chi connectivity index (χ0v) is 14.4. The van der Waals surface area contributed by atoms with Crippen LogP contribution in [0, 0.1) is 5.82 Å². The third kappa shape index (κ3) is 2.57. The zero-order chi connectivity index (χ0) is 18.4. The first kappa shape index (κ1) is 16.0. The molecule has 0 amide bonds. The lowest BCUT2D eigenvalue weighted by molar-refractivity contribution is 0.122. The minimum atomic E-state index is -0.342. The predicted molar refractivity (Wildman–Crippen MR) is 100.0 cm³/mol. The Hall–Kier alpha value is -3.26. The summed E-state index contributed by atoms with van der Waals surface area (Å²) in [5, 5.41) is 4.01. The molecule has 8 heteroatoms. The van der Waals surface area contributed by atoms with E-state index in [9.17, 15) is 9.18 Å². The van der Waals surface area contributed by atoms with Crippen molar-refractivity contribution in [1.82, 2.24) is 19.7 Å². The molecule has 1 aliphatic heterocycles. The third-order valence-electron chi connectivity index (χ3n) is 4.82. The van der Waals surface area contributed by atoms with E-state index >= 15 is 0 Å². The number of H-pyrrole nitrogens is 1. The summed E-state index contributed by atoms with van der Waals surface area (Å²) in [4.78, 5) is 23.3. The summed E-state index contributed by atoms with van der Waals surface area (Å²) < 4.78 is 21.5. The molecule has 5 rings (SSSR count). The smallest absolute Gasteiger partial charge is 0.282 e. The molecular weight excluding hydrogens is 349 g/mol. The van der Waals surface area contributed by atoms with Crippen LogP contribution in [0.2, 0.25) is 0 Å². The lowest BCUT2D eigenvalue weighted by Gasteiger charge is -2.29. The van der Waals surface area contributed by atoms with Crippen LogP contribution in [0.1, 0.15) is 0 Å². The Morgan fingerprint density at radius 2 is 1.96 bits per heavy atom. The Kier molecular flexibility index (Phi) is 3.64. The van der Waals surface area contributed by atoms with Gasteiger partial charge in [-0.3, -0.25) is 14.9 Å². The summed E-state index contributed by atoms with van der Waals surface area (Å²) in [6, 6.07) is 8.46. The molecule has 1 aliphatic rings. The quantitative estimate of drug-likeness (QED) is 0.590. The number of halogens is 1. The van der Waals surface area contributed by atoms with Crippen molar-refractivity contribution < 1.29 is 9.13 Å². The highest BCUT2D eigenvalue weighted by atomic mass is 19.1. The summed E-state index contributed by atoms with van der Waals surface area (Å²) in [5.41, 5.74) is 1.41. The number of rotatable bonds is 2. The second kappa shape index (κ2) is 6.17. The van der Waals surface area contributed by atoms with Crippen molar-refractivity contribution in [2.75, 3.05) is 31.2 Å². The maximum Gasteiger partial charge on any atom is 0.282 e. The molecule has 4 aromatic rings. The van der Waals surface area contributed by atoms with Gasteiger partial charge in [-0.2, -0.15) is 0 Å². The van der Waals surface area contributed by atoms with Crippen LogP contribution in [-0.4, -0.2) is 46.1 Å². The molecule has 1 N–H and O–H groups in total. The SMILES string of the molecule is O=c1c2cnc3cc(N4CCOCC4)c(F)cc3c2[nH]n1-c1ccccn1. The molecule has 4 heterocycles. The van der Waals surface area contributed by atoms with Crippen LogP contribution in [0.4, 0.5) is 10.1 Å². The number of hydrogen-bond donors (Lipinski definition) is 1. The summed E-state index contributed by atoms with van der Waals surface area (Å²) in [7, 11) is 0. The molecule has 27 heavy (non-hydrogen) atoms. The second-order valence-electron chi connectivity index (χ2n) is 6.41. The number of aromatic amines is 1. The Morgan fingerprint density at radius 3 is 2.74 bits per heavy atom. The van der Waals surface area contributed by atoms with Crippen molar-refractivity contribution in [3.63, 3.8) is 0 Å². The van der Waals surface area contributed by atoms with Crippen LogP contribution in [0.25, 0.3) is 27.6 Å². The number of benzene rings is 1. The lowest BCUT2D eigenvalue weighted by Crippen LogP contribution is -2.36. The van der Waals surface area contributed by atoms with Gasteiger partial charge in [-0.05, 0) is 24.3 Å². The van der Waals surface area contributed by atoms with Gasteiger partial charge >= 0.3 is 0 Å². The molecule has 1 fully saturated rings. The van der Waals surface area contributed by atoms with Crippen LogP contribution in [0.3, 0.4) is 0 Å². The van der Waals surface area contributed by atoms with Gasteiger partial charge in [0.2, 0.25) is 0 Å². The second-order valence-corrected chi connectivity index (χ2v) is 6.41. The van der Waals surface area contributed by atoms with E-state index in [-0.39, 0.29) is 11.4 Å². The predicted octanol–water partition coefficient (Wildman–Crippen LogP) is 2.24. The molecule has 0 radical (unpaired) electrons. The largest absolute Gasteiger partial charge is 0.378 e. The molecule has 0 spiro atoms. The van der Waals surface area contributed by atoms with Gasteiger partial charge < -0.3 is 9.64 Å². The maximum absolute atomic E-state index is 14.8. The summed E-state index contributed by atoms with van der Waals surface area (Å²) in [6.07, 6.45) is 3.13. The number of nitrogens with one attached hydrogen (secondary N) is 1. The molecule has 0 bridgehead atoms. The number of ether oxygens (including phenoxy) is 1. The van der Waals surface area contributed by atoms with Crippen molar-refractivity contribution in [3.05, 3.63) is 58.9 Å². The highest BCUT2D eigenvalue weighted by Crippen LogP contribution is 2.29. The summed E-state index contributed by atoms with van der Waals surface area (Å²) in [6.45, 7) is 2.42. The van der Waals surface area contributed by atoms with Crippen molar-refractivity contribution >= 4 is 27.5 Å². The fraction of sp³-hybridized carbons (Fsp3) is 0.211. The van der Waals surface area contributed by atoms with Crippen LogP contribution >= 0.6 is 0 Å². The number of aromatic nitrogens is 4. The molecule has 7 nitrogen and oxygen atoms in total. The van der Waals surface area contributed by atoms with Gasteiger partial charge in [-0.1, -0.05) is 6.07 Å². The van der Waals surface area contributed by atoms with Gasteiger partial charge in [0.25, 0.3) is 5.56 Å². The van der Waals surface area contributed by atoms with E-state index in [1.807, 2.05) is 4.90 Å². The molecule has 1 aromatic carbocycles. The summed E-state index contributed by atoms with van der Waals surface area (Å²) >= 11 is 0. The highest BCUT2D eigenvalue weighted by molar-refractivity contribution is 6.03. The topological polar surface area (TPSA) is 76.0 Å². The third-order valence-corrected chi connectivity index (χ3v) is 4.82. The van der Waals surface area contributed by atoms with E-state index in [1.165, 1.54) is 16.9 Å². The number of hydrogen-bond acceptors (Lipinski definition) is 5. The monoisotopic (exact) mass is 365 g/mol. The van der Waals surface area contributed by atoms with Crippen molar-refractivity contribution in [3.8, 4) is 5.82 Å². The molecule has 0 unspecified atom stereocenters. The average molecular weight is 365 g/mol. The Morgan fingerprint density at radius 1 is 1.11 bits per heavy atom. The first-order chi connectivity index (χ1) is 13.2. The first-order valence-corrected chi connectivity index (χ1v) is 8.69. The van der Waals surface area contributed by atoms with Gasteiger partial charge in [0.05, 0.1) is 35.3 Å². The number of nitrogens with zero attached hydrogens (tertiary/aromatic N) is 4. The molecule has 136 valence electrons. The van der Waals surface area contributed by atoms with Gasteiger partial charge in [0.1, 0.15) is 5.82 Å². The molecule has 0 saturated carbocycles. The van der Waals surface area contributed by atoms with E-state index < -0.39 is 0 Å². The van der Waals surface area contributed by atoms with E-state index in [0.717, 1.165) is 0 Å². The lowest BCUT2D eigenvalue weighted by atomic mass is 10.1. The Balaban J connectivity index is 1.71. The number of fused-ring (bicyclic) bond motifs is 3. The molecule has 0 atom stereocenters. The summed E-state index contributed by atoms with van der Waals surface area (Å²) in [5.74, 6) is 0.127. The van der Waals surface area contributed by atoms with E-state index in [4.69, 9.17) is 4.74 Å². The molecule has 1 saturated heterocycles. The number of anilines is 1. The van der Waals surface area contributed by atoms with Crippen LogP contribution in [0.5, 0.6) is 0 Å². The minimum absolute atomic E-state index is 0.268. The zero-order valence-electron chi connectivity index (χ0n) is 14.4. The fourth-order valence-corrected chi connectivity index (χ4v) is 3.46. The van der Waals surface area contributed by atoms with Crippen LogP contribution in [-0.2, 0) is 4.74 Å².